The molecule has 0 heterocycles. The van der Waals surface area contributed by atoms with E-state index >= 15 is 0 Å². The number of methoxy groups -OCH3 is 1. The van der Waals surface area contributed by atoms with E-state index in [1.54, 1.807) is 7.11 Å². The summed E-state index contributed by atoms with van der Waals surface area (Å²) in [5, 5.41) is 8.58. The predicted octanol–water partition coefficient (Wildman–Crippen LogP) is -1.08. The lowest BCUT2D eigenvalue weighted by Crippen LogP contribution is -2.33. The number of aliphatic hydroxyl groups excluding tert-OH is 1. The van der Waals surface area contributed by atoms with Gasteiger partial charge in [0, 0.05) is 13.7 Å². The average molecular weight is 265 g/mol. The second kappa shape index (κ2) is 12.7. The van der Waals surface area contributed by atoms with Gasteiger partial charge in [-0.15, -0.1) is 0 Å². The van der Waals surface area contributed by atoms with Crippen LogP contribution in [0.3, 0.4) is 0 Å². The Hall–Kier alpha value is -0.730. The molecule has 0 saturated carbocycles. The quantitative estimate of drug-likeness (QED) is 0.342. The molecule has 108 valence electrons. The second-order valence-corrected chi connectivity index (χ2v) is 3.50. The van der Waals surface area contributed by atoms with Gasteiger partial charge in [-0.05, 0) is 6.42 Å². The van der Waals surface area contributed by atoms with E-state index in [1.165, 1.54) is 0 Å². The highest BCUT2D eigenvalue weighted by atomic mass is 16.6. The number of nitrogens with two attached hydrogens (primary N) is 1. The zero-order valence-corrected chi connectivity index (χ0v) is 10.8. The van der Waals surface area contributed by atoms with Crippen LogP contribution in [-0.2, 0) is 23.7 Å². The van der Waals surface area contributed by atoms with Crippen LogP contribution in [0.4, 0.5) is 0 Å². The Kier molecular flexibility index (Phi) is 12.2. The summed E-state index contributed by atoms with van der Waals surface area (Å²) in [6, 6.07) is -0.771. The first-order valence-electron chi connectivity index (χ1n) is 5.90. The van der Waals surface area contributed by atoms with Crippen LogP contribution >= 0.6 is 0 Å². The van der Waals surface area contributed by atoms with Crippen molar-refractivity contribution in [3.05, 3.63) is 0 Å². The Morgan fingerprint density at radius 2 is 1.67 bits per heavy atom. The molecule has 3 N–H and O–H groups in total. The van der Waals surface area contributed by atoms with Crippen LogP contribution in [0.1, 0.15) is 6.42 Å². The van der Waals surface area contributed by atoms with Crippen molar-refractivity contribution >= 4 is 5.97 Å². The fourth-order valence-corrected chi connectivity index (χ4v) is 1.03. The summed E-state index contributed by atoms with van der Waals surface area (Å²) in [4.78, 5) is 11.2. The first-order valence-corrected chi connectivity index (χ1v) is 5.90. The number of ether oxygens (including phenoxy) is 4. The molecule has 0 radical (unpaired) electrons. The van der Waals surface area contributed by atoms with Gasteiger partial charge in [0.15, 0.2) is 0 Å². The van der Waals surface area contributed by atoms with Crippen molar-refractivity contribution in [3.8, 4) is 0 Å². The van der Waals surface area contributed by atoms with Gasteiger partial charge in [0.05, 0.1) is 33.0 Å². The molecule has 0 aliphatic carbocycles. The van der Waals surface area contributed by atoms with Gasteiger partial charge < -0.3 is 29.8 Å². The number of aliphatic hydroxyl groups is 1. The molecule has 0 aliphatic rings. The Morgan fingerprint density at radius 1 is 1.11 bits per heavy atom. The number of hydrogen-bond donors (Lipinski definition) is 2. The minimum Gasteiger partial charge on any atom is -0.462 e. The van der Waals surface area contributed by atoms with E-state index in [2.05, 4.69) is 0 Å². The van der Waals surface area contributed by atoms with E-state index in [4.69, 9.17) is 29.8 Å². The molecular formula is C11H23NO6. The lowest BCUT2D eigenvalue weighted by Gasteiger charge is -2.10. The Morgan fingerprint density at radius 3 is 2.22 bits per heavy atom. The van der Waals surface area contributed by atoms with Gasteiger partial charge in [-0.2, -0.15) is 0 Å². The molecule has 0 amide bonds. The van der Waals surface area contributed by atoms with Gasteiger partial charge in [-0.25, -0.2) is 0 Å². The van der Waals surface area contributed by atoms with Crippen LogP contribution < -0.4 is 5.73 Å². The number of rotatable bonds is 12. The molecule has 0 aromatic rings. The predicted molar refractivity (Wildman–Crippen MR) is 64.2 cm³/mol. The molecule has 7 heteroatoms. The highest BCUT2D eigenvalue weighted by molar-refractivity contribution is 5.75. The third kappa shape index (κ3) is 10.4. The fraction of sp³-hybridized carbons (Fsp3) is 0.909. The van der Waals surface area contributed by atoms with Gasteiger partial charge in [0.2, 0.25) is 0 Å². The SMILES string of the molecule is COCCOCCOCCOC(=O)[C@@H](N)CCO. The fourth-order valence-electron chi connectivity index (χ4n) is 1.03. The van der Waals surface area contributed by atoms with E-state index in [9.17, 15) is 4.79 Å². The van der Waals surface area contributed by atoms with E-state index in [1.807, 2.05) is 0 Å². The molecule has 0 fully saturated rings. The molecule has 1 atom stereocenters. The molecule has 0 rings (SSSR count). The average Bonchev–Trinajstić information content (AvgIpc) is 2.36. The van der Waals surface area contributed by atoms with Gasteiger partial charge in [-0.1, -0.05) is 0 Å². The van der Waals surface area contributed by atoms with Gasteiger partial charge >= 0.3 is 5.97 Å². The van der Waals surface area contributed by atoms with Crippen molar-refractivity contribution in [3.63, 3.8) is 0 Å². The standard InChI is InChI=1S/C11H23NO6/c1-15-4-5-16-6-7-17-8-9-18-11(14)10(12)2-3-13/h10,13H,2-9,12H2,1H3/t10-/m0/s1. The summed E-state index contributed by atoms with van der Waals surface area (Å²) in [5.74, 6) is -0.524. The third-order valence-corrected chi connectivity index (χ3v) is 2.02. The summed E-state index contributed by atoms with van der Waals surface area (Å²) in [5.41, 5.74) is 5.43. The van der Waals surface area contributed by atoms with Crippen LogP contribution in [0.5, 0.6) is 0 Å². The second-order valence-electron chi connectivity index (χ2n) is 3.50. The van der Waals surface area contributed by atoms with Gasteiger partial charge in [0.1, 0.15) is 12.6 Å². The Labute approximate surface area is 107 Å². The lowest BCUT2D eigenvalue weighted by atomic mass is 10.2. The van der Waals surface area contributed by atoms with Crippen molar-refractivity contribution in [2.75, 3.05) is 53.4 Å². The molecule has 18 heavy (non-hydrogen) atoms. The normalized spacial score (nSPS) is 12.4. The largest absolute Gasteiger partial charge is 0.462 e. The molecule has 0 aromatic heterocycles. The molecule has 0 unspecified atom stereocenters. The maximum absolute atomic E-state index is 11.2. The molecule has 0 spiro atoms. The third-order valence-electron chi connectivity index (χ3n) is 2.02. The van der Waals surface area contributed by atoms with Crippen LogP contribution in [-0.4, -0.2) is 70.5 Å². The van der Waals surface area contributed by atoms with E-state index in [-0.39, 0.29) is 19.6 Å². The summed E-state index contributed by atoms with van der Waals surface area (Å²) < 4.78 is 20.0. The first kappa shape index (κ1) is 17.3. The highest BCUT2D eigenvalue weighted by Crippen LogP contribution is 1.91. The van der Waals surface area contributed by atoms with Crippen LogP contribution in [0, 0.1) is 0 Å². The highest BCUT2D eigenvalue weighted by Gasteiger charge is 2.13. The van der Waals surface area contributed by atoms with Crippen LogP contribution in [0.15, 0.2) is 0 Å². The zero-order valence-electron chi connectivity index (χ0n) is 10.8. The van der Waals surface area contributed by atoms with Crippen molar-refractivity contribution in [2.45, 2.75) is 12.5 Å². The van der Waals surface area contributed by atoms with Crippen LogP contribution in [0.2, 0.25) is 0 Å². The molecule has 0 aliphatic heterocycles. The molecular weight excluding hydrogens is 242 g/mol. The van der Waals surface area contributed by atoms with E-state index < -0.39 is 12.0 Å². The maximum atomic E-state index is 11.2. The monoisotopic (exact) mass is 265 g/mol. The number of carbonyl (C=O) groups is 1. The lowest BCUT2D eigenvalue weighted by molar-refractivity contribution is -0.147. The van der Waals surface area contributed by atoms with Gasteiger partial charge in [-0.3, -0.25) is 4.79 Å². The summed E-state index contributed by atoms with van der Waals surface area (Å²) >= 11 is 0. The molecule has 0 bridgehead atoms. The van der Waals surface area contributed by atoms with Crippen molar-refractivity contribution in [2.24, 2.45) is 5.73 Å². The van der Waals surface area contributed by atoms with Crippen molar-refractivity contribution < 1.29 is 28.8 Å². The first-order chi connectivity index (χ1) is 8.72. The number of esters is 1. The van der Waals surface area contributed by atoms with Crippen LogP contribution in [0.25, 0.3) is 0 Å². The molecule has 7 nitrogen and oxygen atoms in total. The zero-order chi connectivity index (χ0) is 13.6. The maximum Gasteiger partial charge on any atom is 0.323 e. The van der Waals surface area contributed by atoms with Crippen molar-refractivity contribution in [1.82, 2.24) is 0 Å². The van der Waals surface area contributed by atoms with E-state index in [0.29, 0.717) is 33.0 Å². The summed E-state index contributed by atoms with van der Waals surface area (Å²) in [7, 11) is 1.61. The van der Waals surface area contributed by atoms with Crippen molar-refractivity contribution in [1.29, 1.82) is 0 Å². The summed E-state index contributed by atoms with van der Waals surface area (Å²) in [6.07, 6.45) is 0.201. The number of carbonyl (C=O) groups excluding carboxylic acids is 1. The van der Waals surface area contributed by atoms with E-state index in [0.717, 1.165) is 0 Å². The minimum absolute atomic E-state index is 0.133. The summed E-state index contributed by atoms with van der Waals surface area (Å²) in [6.45, 7) is 2.31. The minimum atomic E-state index is -0.771. The van der Waals surface area contributed by atoms with Gasteiger partial charge in [0.25, 0.3) is 0 Å². The smallest absolute Gasteiger partial charge is 0.323 e. The topological polar surface area (TPSA) is 100 Å². The molecule has 0 aromatic carbocycles. The molecule has 0 saturated heterocycles. The number of hydrogen-bond acceptors (Lipinski definition) is 7. The Balaban J connectivity index is 3.22. The Bertz CT molecular complexity index is 202.